The maximum absolute atomic E-state index is 9.32. The molecule has 4 heteroatoms. The van der Waals surface area contributed by atoms with Crippen LogP contribution < -0.4 is 11.1 Å². The van der Waals surface area contributed by atoms with E-state index < -0.39 is 17.5 Å². The van der Waals surface area contributed by atoms with Crippen LogP contribution in [0, 0.1) is 0 Å². The van der Waals surface area contributed by atoms with Crippen LogP contribution >= 0.6 is 0 Å². The van der Waals surface area contributed by atoms with E-state index in [0.717, 1.165) is 0 Å². The molecule has 0 rings (SSSR count). The zero-order chi connectivity index (χ0) is 9.28. The van der Waals surface area contributed by atoms with Crippen molar-refractivity contribution in [1.29, 1.82) is 0 Å². The largest absolute Gasteiger partial charge is 0.377 e. The lowest BCUT2D eigenvalue weighted by molar-refractivity contribution is -0.0228. The molecule has 0 aliphatic rings. The van der Waals surface area contributed by atoms with Gasteiger partial charge in [0.05, 0.1) is 5.54 Å². The summed E-state index contributed by atoms with van der Waals surface area (Å²) in [6.45, 7) is 6.62. The summed E-state index contributed by atoms with van der Waals surface area (Å²) in [7, 11) is 0. The quantitative estimate of drug-likeness (QED) is 0.416. The summed E-state index contributed by atoms with van der Waals surface area (Å²) in [5, 5.41) is 21.1. The lowest BCUT2D eigenvalue weighted by Crippen LogP contribution is -2.60. The van der Waals surface area contributed by atoms with Crippen molar-refractivity contribution in [3.05, 3.63) is 0 Å². The second kappa shape index (κ2) is 3.06. The van der Waals surface area contributed by atoms with Gasteiger partial charge in [-0.05, 0) is 27.7 Å². The molecule has 0 aromatic carbocycles. The molecule has 0 aliphatic heterocycles. The Morgan fingerprint density at radius 1 is 1.27 bits per heavy atom. The molecule has 0 heterocycles. The van der Waals surface area contributed by atoms with Crippen LogP contribution in [-0.2, 0) is 0 Å². The van der Waals surface area contributed by atoms with E-state index in [1.807, 2.05) is 0 Å². The van der Waals surface area contributed by atoms with Crippen LogP contribution in [-0.4, -0.2) is 27.7 Å². The first-order chi connectivity index (χ1) is 4.65. The highest BCUT2D eigenvalue weighted by atomic mass is 16.3. The Hall–Kier alpha value is -0.160. The Morgan fingerprint density at radius 3 is 1.73 bits per heavy atom. The molecular weight excluding hydrogens is 144 g/mol. The monoisotopic (exact) mass is 162 g/mol. The van der Waals surface area contributed by atoms with Gasteiger partial charge in [0.1, 0.15) is 12.0 Å². The molecule has 11 heavy (non-hydrogen) atoms. The summed E-state index contributed by atoms with van der Waals surface area (Å²) in [5.41, 5.74) is 3.55. The predicted molar refractivity (Wildman–Crippen MR) is 43.7 cm³/mol. The molecule has 0 saturated carbocycles. The van der Waals surface area contributed by atoms with Gasteiger partial charge in [-0.15, -0.1) is 0 Å². The van der Waals surface area contributed by atoms with Crippen molar-refractivity contribution < 1.29 is 10.2 Å². The Bertz CT molecular complexity index is 127. The molecule has 0 spiro atoms. The molecule has 0 aliphatic carbocycles. The molecule has 5 N–H and O–H groups in total. The first-order valence-corrected chi connectivity index (χ1v) is 3.60. The lowest BCUT2D eigenvalue weighted by Gasteiger charge is -2.35. The standard InChI is InChI=1S/C7H18N2O2/c1-6(2,5(8)10)9-7(3,4)11/h5,9-11H,8H2,1-4H3. The van der Waals surface area contributed by atoms with Gasteiger partial charge in [0.2, 0.25) is 0 Å². The molecule has 0 bridgehead atoms. The highest BCUT2D eigenvalue weighted by Gasteiger charge is 2.29. The zero-order valence-corrected chi connectivity index (χ0v) is 7.55. The Balaban J connectivity index is 4.13. The van der Waals surface area contributed by atoms with Crippen molar-refractivity contribution in [2.75, 3.05) is 0 Å². The summed E-state index contributed by atoms with van der Waals surface area (Å²) in [6.07, 6.45) is -0.992. The fourth-order valence-corrected chi connectivity index (χ4v) is 0.862. The van der Waals surface area contributed by atoms with Gasteiger partial charge in [-0.2, -0.15) is 0 Å². The van der Waals surface area contributed by atoms with Crippen LogP contribution in [0.3, 0.4) is 0 Å². The van der Waals surface area contributed by atoms with E-state index in [9.17, 15) is 5.11 Å². The van der Waals surface area contributed by atoms with Crippen molar-refractivity contribution in [3.8, 4) is 0 Å². The molecule has 4 nitrogen and oxygen atoms in total. The Labute approximate surface area is 67.4 Å². The molecule has 1 atom stereocenters. The van der Waals surface area contributed by atoms with Crippen LogP contribution in [0.1, 0.15) is 27.7 Å². The van der Waals surface area contributed by atoms with Crippen LogP contribution in [0.2, 0.25) is 0 Å². The predicted octanol–water partition coefficient (Wildman–Crippen LogP) is -0.640. The first-order valence-electron chi connectivity index (χ1n) is 3.60. The third-order valence-corrected chi connectivity index (χ3v) is 1.37. The highest BCUT2D eigenvalue weighted by Crippen LogP contribution is 2.09. The summed E-state index contributed by atoms with van der Waals surface area (Å²) >= 11 is 0. The number of hydrogen-bond donors (Lipinski definition) is 4. The van der Waals surface area contributed by atoms with Gasteiger partial charge < -0.3 is 15.9 Å². The molecule has 0 amide bonds. The van der Waals surface area contributed by atoms with Crippen molar-refractivity contribution in [3.63, 3.8) is 0 Å². The number of aliphatic hydroxyl groups excluding tert-OH is 1. The SMILES string of the molecule is CC(C)(O)NC(C)(C)C(N)O. The smallest absolute Gasteiger partial charge is 0.120 e. The zero-order valence-electron chi connectivity index (χ0n) is 7.55. The van der Waals surface area contributed by atoms with E-state index in [0.29, 0.717) is 0 Å². The maximum Gasteiger partial charge on any atom is 0.120 e. The fourth-order valence-electron chi connectivity index (χ4n) is 0.862. The minimum atomic E-state index is -1.02. The van der Waals surface area contributed by atoms with Gasteiger partial charge in [0, 0.05) is 0 Å². The van der Waals surface area contributed by atoms with Crippen molar-refractivity contribution in [1.82, 2.24) is 5.32 Å². The third-order valence-electron chi connectivity index (χ3n) is 1.37. The summed E-state index contributed by atoms with van der Waals surface area (Å²) in [4.78, 5) is 0. The van der Waals surface area contributed by atoms with Gasteiger partial charge in [-0.25, -0.2) is 0 Å². The second-order valence-corrected chi connectivity index (χ2v) is 3.85. The van der Waals surface area contributed by atoms with Crippen molar-refractivity contribution in [2.45, 2.75) is 45.2 Å². The summed E-state index contributed by atoms with van der Waals surface area (Å²) in [5.74, 6) is 0. The van der Waals surface area contributed by atoms with Crippen LogP contribution in [0.15, 0.2) is 0 Å². The summed E-state index contributed by atoms with van der Waals surface area (Å²) < 4.78 is 0. The normalized spacial score (nSPS) is 16.6. The van der Waals surface area contributed by atoms with Gasteiger partial charge in [-0.1, -0.05) is 0 Å². The van der Waals surface area contributed by atoms with Gasteiger partial charge >= 0.3 is 0 Å². The van der Waals surface area contributed by atoms with E-state index in [4.69, 9.17) is 10.8 Å². The van der Waals surface area contributed by atoms with Crippen molar-refractivity contribution >= 4 is 0 Å². The summed E-state index contributed by atoms with van der Waals surface area (Å²) in [6, 6.07) is 0. The molecular formula is C7H18N2O2. The number of aliphatic hydroxyl groups is 2. The third kappa shape index (κ3) is 4.31. The Kier molecular flexibility index (Phi) is 3.02. The molecule has 0 aromatic rings. The van der Waals surface area contributed by atoms with E-state index >= 15 is 0 Å². The maximum atomic E-state index is 9.32. The van der Waals surface area contributed by atoms with Gasteiger partial charge in [0.25, 0.3) is 0 Å². The molecule has 0 saturated heterocycles. The van der Waals surface area contributed by atoms with Crippen LogP contribution in [0.25, 0.3) is 0 Å². The minimum Gasteiger partial charge on any atom is -0.377 e. The molecule has 0 aromatic heterocycles. The molecule has 0 radical (unpaired) electrons. The Morgan fingerprint density at radius 2 is 1.64 bits per heavy atom. The van der Waals surface area contributed by atoms with Crippen molar-refractivity contribution in [2.24, 2.45) is 5.73 Å². The van der Waals surface area contributed by atoms with E-state index in [1.54, 1.807) is 27.7 Å². The topological polar surface area (TPSA) is 78.5 Å². The van der Waals surface area contributed by atoms with Crippen LogP contribution in [0.4, 0.5) is 0 Å². The van der Waals surface area contributed by atoms with E-state index in [-0.39, 0.29) is 0 Å². The highest BCUT2D eigenvalue weighted by molar-refractivity contribution is 4.85. The molecule has 68 valence electrons. The minimum absolute atomic E-state index is 0.682. The van der Waals surface area contributed by atoms with Gasteiger partial charge in [-0.3, -0.25) is 5.32 Å². The number of rotatable bonds is 3. The molecule has 1 unspecified atom stereocenters. The number of nitrogens with two attached hydrogens (primary N) is 1. The average molecular weight is 162 g/mol. The lowest BCUT2D eigenvalue weighted by atomic mass is 10.0. The van der Waals surface area contributed by atoms with E-state index in [2.05, 4.69) is 5.32 Å². The fraction of sp³-hybridized carbons (Fsp3) is 1.00. The second-order valence-electron chi connectivity index (χ2n) is 3.85. The number of nitrogens with one attached hydrogen (secondary N) is 1. The molecule has 0 fully saturated rings. The number of hydrogen-bond acceptors (Lipinski definition) is 4. The average Bonchev–Trinajstić information content (AvgIpc) is 1.56. The van der Waals surface area contributed by atoms with E-state index in [1.165, 1.54) is 0 Å². The van der Waals surface area contributed by atoms with Gasteiger partial charge in [0.15, 0.2) is 0 Å². The first kappa shape index (κ1) is 10.8. The van der Waals surface area contributed by atoms with Crippen LogP contribution in [0.5, 0.6) is 0 Å².